The van der Waals surface area contributed by atoms with Crippen molar-refractivity contribution in [2.45, 2.75) is 83.6 Å². The lowest BCUT2D eigenvalue weighted by molar-refractivity contribution is -0.238. The Labute approximate surface area is 231 Å². The first-order chi connectivity index (χ1) is 18.6. The van der Waals surface area contributed by atoms with Gasteiger partial charge < -0.3 is 28.8 Å². The highest BCUT2D eigenvalue weighted by atomic mass is 19.1. The Kier molecular flexibility index (Phi) is 6.48. The molecule has 1 heterocycles. The van der Waals surface area contributed by atoms with Gasteiger partial charge in [0.1, 0.15) is 5.76 Å². The number of aliphatic hydroxyl groups is 1. The second-order valence-corrected chi connectivity index (χ2v) is 12.1. The van der Waals surface area contributed by atoms with Gasteiger partial charge in [0.2, 0.25) is 5.78 Å². The van der Waals surface area contributed by atoms with Gasteiger partial charge in [0.25, 0.3) is 0 Å². The normalized spacial score (nSPS) is 42.5. The third-order valence-electron chi connectivity index (χ3n) is 9.54. The number of rotatable bonds is 5. The number of ketones is 2. The van der Waals surface area contributed by atoms with Gasteiger partial charge in [-0.25, -0.2) is 9.18 Å². The molecule has 1 N–H and O–H groups in total. The molecule has 0 spiro atoms. The smallest absolute Gasteiger partial charge is 0.458 e. The van der Waals surface area contributed by atoms with E-state index in [4.69, 9.17) is 23.7 Å². The summed E-state index contributed by atoms with van der Waals surface area (Å²) in [4.78, 5) is 50.1. The molecule has 4 aliphatic carbocycles. The van der Waals surface area contributed by atoms with Crippen molar-refractivity contribution in [3.8, 4) is 0 Å². The van der Waals surface area contributed by atoms with Crippen LogP contribution in [0.5, 0.6) is 0 Å². The molecule has 10 nitrogen and oxygen atoms in total. The molecular formula is C29H35FO10. The van der Waals surface area contributed by atoms with Crippen molar-refractivity contribution in [1.82, 2.24) is 0 Å². The molecule has 8 atom stereocenters. The van der Waals surface area contributed by atoms with Gasteiger partial charge in [0, 0.05) is 23.8 Å². The second-order valence-electron chi connectivity index (χ2n) is 12.1. The molecule has 5 rings (SSSR count). The quantitative estimate of drug-likeness (QED) is 0.498. The number of Topliss-reactive ketones (excluding diaryl/α,β-unsaturated/α-hetero) is 1. The zero-order chi connectivity index (χ0) is 29.5. The summed E-state index contributed by atoms with van der Waals surface area (Å²) >= 11 is 0. The Morgan fingerprint density at radius 1 is 1.18 bits per heavy atom. The average molecular weight is 563 g/mol. The molecule has 1 saturated heterocycles. The third-order valence-corrected chi connectivity index (χ3v) is 9.54. The lowest BCUT2D eigenvalue weighted by Crippen LogP contribution is -2.69. The molecule has 1 aliphatic heterocycles. The first kappa shape index (κ1) is 28.6. The van der Waals surface area contributed by atoms with E-state index in [2.05, 4.69) is 0 Å². The summed E-state index contributed by atoms with van der Waals surface area (Å²) < 4.78 is 45.8. The molecule has 40 heavy (non-hydrogen) atoms. The Morgan fingerprint density at radius 2 is 1.88 bits per heavy atom. The van der Waals surface area contributed by atoms with Gasteiger partial charge in [-0.15, -0.1) is 0 Å². The first-order valence-electron chi connectivity index (χ1n) is 13.5. The highest BCUT2D eigenvalue weighted by molar-refractivity contribution is 6.02. The topological polar surface area (TPSA) is 135 Å². The molecule has 0 amide bonds. The third kappa shape index (κ3) is 3.70. The van der Waals surface area contributed by atoms with Crippen molar-refractivity contribution in [2.24, 2.45) is 22.7 Å². The van der Waals surface area contributed by atoms with E-state index in [1.54, 1.807) is 34.6 Å². The van der Waals surface area contributed by atoms with Gasteiger partial charge in [0.15, 0.2) is 29.4 Å². The highest BCUT2D eigenvalue weighted by Crippen LogP contribution is 2.72. The number of carbonyl (C=O) groups excluding carboxylic acids is 4. The fourth-order valence-electron chi connectivity index (χ4n) is 7.96. The zero-order valence-electron chi connectivity index (χ0n) is 23.4. The van der Waals surface area contributed by atoms with E-state index in [1.165, 1.54) is 31.2 Å². The minimum Gasteiger partial charge on any atom is -0.458 e. The summed E-state index contributed by atoms with van der Waals surface area (Å²) in [7, 11) is 0. The van der Waals surface area contributed by atoms with E-state index >= 15 is 4.39 Å². The maximum Gasteiger partial charge on any atom is 0.513 e. The largest absolute Gasteiger partial charge is 0.513 e. The summed E-state index contributed by atoms with van der Waals surface area (Å²) in [5.41, 5.74) is -6.63. The molecule has 0 bridgehead atoms. The molecule has 218 valence electrons. The van der Waals surface area contributed by atoms with Crippen LogP contribution in [0.3, 0.4) is 0 Å². The number of halogens is 1. The fraction of sp³-hybridized carbons (Fsp3) is 0.655. The first-order valence-corrected chi connectivity index (χ1v) is 13.5. The fourth-order valence-corrected chi connectivity index (χ4v) is 7.96. The van der Waals surface area contributed by atoms with Gasteiger partial charge in [0.05, 0.1) is 24.2 Å². The summed E-state index contributed by atoms with van der Waals surface area (Å²) in [5.74, 6) is -4.56. The highest BCUT2D eigenvalue weighted by Gasteiger charge is 2.80. The zero-order valence-corrected chi connectivity index (χ0v) is 23.4. The summed E-state index contributed by atoms with van der Waals surface area (Å²) in [6.07, 6.45) is 1.77. The van der Waals surface area contributed by atoms with E-state index in [-0.39, 0.29) is 30.8 Å². The maximum absolute atomic E-state index is 17.7. The van der Waals surface area contributed by atoms with Crippen LogP contribution in [0, 0.1) is 22.7 Å². The summed E-state index contributed by atoms with van der Waals surface area (Å²) in [6.45, 7) is 8.89. The summed E-state index contributed by atoms with van der Waals surface area (Å²) in [6, 6.07) is 0. The Hall–Kier alpha value is -2.89. The van der Waals surface area contributed by atoms with Gasteiger partial charge >= 0.3 is 12.1 Å². The van der Waals surface area contributed by atoms with E-state index in [0.717, 1.165) is 0 Å². The average Bonchev–Trinajstić information content (AvgIpc) is 3.26. The number of carbonyl (C=O) groups is 4. The Bertz CT molecular complexity index is 1270. The van der Waals surface area contributed by atoms with Crippen LogP contribution in [0.15, 0.2) is 35.6 Å². The van der Waals surface area contributed by atoms with Crippen molar-refractivity contribution in [3.05, 3.63) is 35.6 Å². The van der Waals surface area contributed by atoms with Gasteiger partial charge in [-0.2, -0.15) is 0 Å². The second kappa shape index (κ2) is 9.06. The van der Waals surface area contributed by atoms with Crippen LogP contribution in [0.25, 0.3) is 0 Å². The standard InChI is InChI=1S/C29H35FO10/c1-7-36-24(35)38-20-11-18-17-12-23-29(40-25(3,4)39-23,22(34)14-37-15(2)31)27(17,6)13-21(33)28(18,30)26(5)9-8-16(32)10-19(20)26/h8-11,17-18,21,23,33H,7,12-14H2,1-6H3/t17-,18-,21-,23+,26-,27-,28-,29+/m0/s1. The van der Waals surface area contributed by atoms with Crippen molar-refractivity contribution >= 4 is 23.7 Å². The monoisotopic (exact) mass is 562 g/mol. The van der Waals surface area contributed by atoms with Crippen molar-refractivity contribution in [1.29, 1.82) is 0 Å². The molecule has 5 aliphatic rings. The van der Waals surface area contributed by atoms with E-state index in [1.807, 2.05) is 0 Å². The number of aliphatic hydroxyl groups excluding tert-OH is 1. The minimum absolute atomic E-state index is 0.0380. The molecule has 2 saturated carbocycles. The lowest BCUT2D eigenvalue weighted by atomic mass is 9.46. The predicted molar refractivity (Wildman–Crippen MR) is 135 cm³/mol. The number of esters is 1. The number of hydrogen-bond donors (Lipinski definition) is 1. The van der Waals surface area contributed by atoms with Crippen LogP contribution in [0.2, 0.25) is 0 Å². The number of ether oxygens (including phenoxy) is 5. The number of fused-ring (bicyclic) bond motifs is 7. The number of alkyl halides is 1. The molecule has 0 radical (unpaired) electrons. The van der Waals surface area contributed by atoms with Crippen LogP contribution < -0.4 is 0 Å². The van der Waals surface area contributed by atoms with E-state index in [9.17, 15) is 24.3 Å². The van der Waals surface area contributed by atoms with Crippen LogP contribution in [0.4, 0.5) is 9.18 Å². The Morgan fingerprint density at radius 3 is 2.52 bits per heavy atom. The van der Waals surface area contributed by atoms with Crippen LogP contribution in [-0.4, -0.2) is 71.3 Å². The minimum atomic E-state index is -2.35. The molecule has 3 fully saturated rings. The predicted octanol–water partition coefficient (Wildman–Crippen LogP) is 3.27. The van der Waals surface area contributed by atoms with Crippen LogP contribution >= 0.6 is 0 Å². The summed E-state index contributed by atoms with van der Waals surface area (Å²) in [5, 5.41) is 11.7. The SMILES string of the molecule is CCOC(=O)OC1=C[C@H]2[C@@H]3C[C@H]4OC(C)(C)O[C@@]4(C(=O)COC(C)=O)[C@@]3(C)C[C@H](O)[C@]2(F)[C@@]2(C)C=CC(=O)C=C12. The van der Waals surface area contributed by atoms with Crippen LogP contribution in [0.1, 0.15) is 54.4 Å². The lowest BCUT2D eigenvalue weighted by Gasteiger charge is -2.61. The molecular weight excluding hydrogens is 527 g/mol. The molecule has 11 heteroatoms. The Balaban J connectivity index is 1.67. The number of allylic oxidation sites excluding steroid dienone is 5. The maximum atomic E-state index is 17.7. The molecule has 0 aromatic carbocycles. The number of hydrogen-bond acceptors (Lipinski definition) is 10. The van der Waals surface area contributed by atoms with Gasteiger partial charge in [-0.3, -0.25) is 14.4 Å². The van der Waals surface area contributed by atoms with Crippen molar-refractivity contribution in [2.75, 3.05) is 13.2 Å². The molecule has 0 aromatic heterocycles. The van der Waals surface area contributed by atoms with Crippen LogP contribution in [-0.2, 0) is 38.1 Å². The van der Waals surface area contributed by atoms with Gasteiger partial charge in [-0.1, -0.05) is 13.0 Å². The molecule has 0 unspecified atom stereocenters. The van der Waals surface area contributed by atoms with Gasteiger partial charge in [-0.05, 0) is 64.7 Å². The van der Waals surface area contributed by atoms with Crippen molar-refractivity contribution in [3.63, 3.8) is 0 Å². The van der Waals surface area contributed by atoms with E-state index in [0.29, 0.717) is 0 Å². The molecule has 0 aromatic rings. The van der Waals surface area contributed by atoms with Crippen molar-refractivity contribution < 1.29 is 52.4 Å². The van der Waals surface area contributed by atoms with E-state index < -0.39 is 82.2 Å².